The summed E-state index contributed by atoms with van der Waals surface area (Å²) < 4.78 is 34.7. The third kappa shape index (κ3) is 2.35. The first kappa shape index (κ1) is 15.6. The first-order chi connectivity index (χ1) is 9.78. The largest absolute Gasteiger partial charge is 0.496 e. The second-order valence-corrected chi connectivity index (χ2v) is 7.14. The van der Waals surface area contributed by atoms with Gasteiger partial charge in [0.1, 0.15) is 16.4 Å². The van der Waals surface area contributed by atoms with Crippen molar-refractivity contribution in [3.05, 3.63) is 17.7 Å². The molecule has 0 bridgehead atoms. The summed E-state index contributed by atoms with van der Waals surface area (Å²) in [5.74, 6) is -0.635. The molecule has 0 heterocycles. The van der Waals surface area contributed by atoms with Crippen molar-refractivity contribution in [2.75, 3.05) is 20.5 Å². The molecule has 0 saturated heterocycles. The topological polar surface area (TPSA) is 89.9 Å². The Bertz CT molecular complexity index is 673. The third-order valence-electron chi connectivity index (χ3n) is 3.99. The van der Waals surface area contributed by atoms with Crippen molar-refractivity contribution in [3.63, 3.8) is 0 Å². The molecule has 0 radical (unpaired) electrons. The Hall–Kier alpha value is -1.76. The Labute approximate surface area is 123 Å². The maximum Gasteiger partial charge on any atom is 0.314 e. The van der Waals surface area contributed by atoms with Gasteiger partial charge in [-0.05, 0) is 25.0 Å². The molecule has 1 aliphatic carbocycles. The van der Waals surface area contributed by atoms with E-state index in [9.17, 15) is 18.3 Å². The predicted octanol–water partition coefficient (Wildman–Crippen LogP) is 1.61. The van der Waals surface area contributed by atoms with Crippen LogP contribution in [0.4, 0.5) is 0 Å². The van der Waals surface area contributed by atoms with Crippen LogP contribution in [0.1, 0.15) is 24.8 Å². The smallest absolute Gasteiger partial charge is 0.314 e. The van der Waals surface area contributed by atoms with Gasteiger partial charge < -0.3 is 14.6 Å². The maximum absolute atomic E-state index is 12.2. The molecule has 0 spiro atoms. The Balaban J connectivity index is 2.88. The lowest BCUT2D eigenvalue weighted by molar-refractivity contribution is -0.147. The molecule has 1 aromatic rings. The summed E-state index contributed by atoms with van der Waals surface area (Å²) >= 11 is 0. The normalized spacial score (nSPS) is 16.9. The molecule has 1 aromatic carbocycles. The molecule has 116 valence electrons. The molecular formula is C14H18O6S. The molecule has 2 rings (SSSR count). The van der Waals surface area contributed by atoms with Crippen LogP contribution in [0.3, 0.4) is 0 Å². The highest BCUT2D eigenvalue weighted by Gasteiger charge is 2.51. The molecule has 1 aliphatic rings. The zero-order chi connectivity index (χ0) is 15.8. The number of methoxy groups -OCH3 is 2. The number of ether oxygens (including phenoxy) is 2. The quantitative estimate of drug-likeness (QED) is 0.888. The lowest BCUT2D eigenvalue weighted by atomic mass is 9.64. The average Bonchev–Trinajstić information content (AvgIpc) is 2.34. The van der Waals surface area contributed by atoms with Crippen LogP contribution in [-0.4, -0.2) is 40.0 Å². The number of carboxylic acid groups (broad SMARTS) is 1. The van der Waals surface area contributed by atoms with Crippen molar-refractivity contribution in [2.45, 2.75) is 29.6 Å². The van der Waals surface area contributed by atoms with Gasteiger partial charge in [0.2, 0.25) is 0 Å². The van der Waals surface area contributed by atoms with Gasteiger partial charge in [-0.1, -0.05) is 6.42 Å². The number of aliphatic carboxylic acids is 1. The number of carbonyl (C=O) groups is 1. The fraction of sp³-hybridized carbons (Fsp3) is 0.500. The molecule has 0 unspecified atom stereocenters. The van der Waals surface area contributed by atoms with Crippen molar-refractivity contribution in [1.29, 1.82) is 0 Å². The van der Waals surface area contributed by atoms with Crippen LogP contribution < -0.4 is 9.47 Å². The van der Waals surface area contributed by atoms with E-state index in [1.807, 2.05) is 0 Å². The van der Waals surface area contributed by atoms with E-state index in [4.69, 9.17) is 9.47 Å². The average molecular weight is 314 g/mol. The summed E-state index contributed by atoms with van der Waals surface area (Å²) in [6, 6.07) is 3.03. The summed E-state index contributed by atoms with van der Waals surface area (Å²) in [6.45, 7) is 0. The van der Waals surface area contributed by atoms with Gasteiger partial charge in [0, 0.05) is 11.8 Å². The van der Waals surface area contributed by atoms with Crippen molar-refractivity contribution in [3.8, 4) is 11.5 Å². The maximum atomic E-state index is 12.2. The van der Waals surface area contributed by atoms with Gasteiger partial charge in [0.25, 0.3) is 0 Å². The summed E-state index contributed by atoms with van der Waals surface area (Å²) in [5.41, 5.74) is -1.02. The number of rotatable bonds is 5. The zero-order valence-corrected chi connectivity index (χ0v) is 13.0. The third-order valence-corrected chi connectivity index (χ3v) is 5.14. The molecule has 1 fully saturated rings. The van der Waals surface area contributed by atoms with E-state index in [2.05, 4.69) is 0 Å². The lowest BCUT2D eigenvalue weighted by Gasteiger charge is -2.40. The first-order valence-corrected chi connectivity index (χ1v) is 8.36. The second-order valence-electron chi connectivity index (χ2n) is 5.19. The minimum atomic E-state index is -3.67. The minimum absolute atomic E-state index is 0.0912. The van der Waals surface area contributed by atoms with Crippen LogP contribution in [0.5, 0.6) is 11.5 Å². The number of hydrogen-bond acceptors (Lipinski definition) is 5. The van der Waals surface area contributed by atoms with Gasteiger partial charge in [-0.15, -0.1) is 0 Å². The van der Waals surface area contributed by atoms with Gasteiger partial charge in [-0.25, -0.2) is 8.42 Å². The van der Waals surface area contributed by atoms with E-state index in [0.717, 1.165) is 12.7 Å². The molecule has 21 heavy (non-hydrogen) atoms. The summed E-state index contributed by atoms with van der Waals surface area (Å²) in [6.07, 6.45) is 2.54. The fourth-order valence-corrected chi connectivity index (χ4v) is 3.98. The van der Waals surface area contributed by atoms with Gasteiger partial charge in [-0.3, -0.25) is 4.79 Å². The molecular weight excluding hydrogens is 296 g/mol. The van der Waals surface area contributed by atoms with Crippen molar-refractivity contribution in [2.24, 2.45) is 0 Å². The van der Waals surface area contributed by atoms with Crippen LogP contribution in [0.15, 0.2) is 17.0 Å². The first-order valence-electron chi connectivity index (χ1n) is 6.47. The fourth-order valence-electron chi connectivity index (χ4n) is 2.80. The highest BCUT2D eigenvalue weighted by Crippen LogP contribution is 2.51. The van der Waals surface area contributed by atoms with Crippen molar-refractivity contribution in [1.82, 2.24) is 0 Å². The summed E-state index contributed by atoms with van der Waals surface area (Å²) in [7, 11) is -0.920. The number of sulfone groups is 1. The summed E-state index contributed by atoms with van der Waals surface area (Å²) in [5, 5.41) is 9.62. The van der Waals surface area contributed by atoms with E-state index < -0.39 is 21.2 Å². The van der Waals surface area contributed by atoms with E-state index >= 15 is 0 Å². The van der Waals surface area contributed by atoms with Crippen molar-refractivity contribution >= 4 is 15.8 Å². The molecule has 1 N–H and O–H groups in total. The Morgan fingerprint density at radius 3 is 2.05 bits per heavy atom. The highest BCUT2D eigenvalue weighted by molar-refractivity contribution is 7.90. The van der Waals surface area contributed by atoms with Crippen LogP contribution in [0, 0.1) is 0 Å². The SMILES string of the molecule is COc1ccc(OC)c(S(C)(=O)=O)c1C1(C(=O)O)CCC1. The number of hydrogen-bond donors (Lipinski definition) is 1. The van der Waals surface area contributed by atoms with Gasteiger partial charge in [0.05, 0.1) is 19.6 Å². The predicted molar refractivity (Wildman–Crippen MR) is 75.8 cm³/mol. The second kappa shape index (κ2) is 5.22. The van der Waals surface area contributed by atoms with E-state index in [-0.39, 0.29) is 22.0 Å². The molecule has 1 saturated carbocycles. The van der Waals surface area contributed by atoms with Crippen LogP contribution in [0.25, 0.3) is 0 Å². The number of carboxylic acids is 1. The van der Waals surface area contributed by atoms with Crippen LogP contribution in [-0.2, 0) is 20.0 Å². The van der Waals surface area contributed by atoms with Crippen molar-refractivity contribution < 1.29 is 27.8 Å². The Kier molecular flexibility index (Phi) is 3.88. The standard InChI is InChI=1S/C14H18O6S/c1-19-9-5-6-10(20-2)12(21(3,17)18)11(9)14(13(15)16)7-4-8-14/h5-6H,4,7-8H2,1-3H3,(H,15,16). The number of benzene rings is 1. The molecule has 0 aliphatic heterocycles. The van der Waals surface area contributed by atoms with Gasteiger partial charge >= 0.3 is 5.97 Å². The molecule has 7 heteroatoms. The lowest BCUT2D eigenvalue weighted by Crippen LogP contribution is -2.43. The van der Waals surface area contributed by atoms with Crippen LogP contribution >= 0.6 is 0 Å². The zero-order valence-electron chi connectivity index (χ0n) is 12.2. The summed E-state index contributed by atoms with van der Waals surface area (Å²) in [4.78, 5) is 11.7. The molecule has 0 aromatic heterocycles. The monoisotopic (exact) mass is 314 g/mol. The molecule has 6 nitrogen and oxygen atoms in total. The Morgan fingerprint density at radius 2 is 1.71 bits per heavy atom. The van der Waals surface area contributed by atoms with E-state index in [1.165, 1.54) is 20.3 Å². The van der Waals surface area contributed by atoms with Gasteiger partial charge in [-0.2, -0.15) is 0 Å². The van der Waals surface area contributed by atoms with E-state index in [0.29, 0.717) is 12.8 Å². The Morgan fingerprint density at radius 1 is 1.19 bits per heavy atom. The highest BCUT2D eigenvalue weighted by atomic mass is 32.2. The molecule has 0 atom stereocenters. The van der Waals surface area contributed by atoms with E-state index in [1.54, 1.807) is 6.07 Å². The minimum Gasteiger partial charge on any atom is -0.496 e. The molecule has 0 amide bonds. The van der Waals surface area contributed by atoms with Gasteiger partial charge in [0.15, 0.2) is 9.84 Å². The van der Waals surface area contributed by atoms with Crippen LogP contribution in [0.2, 0.25) is 0 Å².